The Labute approximate surface area is 129 Å². The number of carbonyl (C=O) groups is 2. The zero-order valence-corrected chi connectivity index (χ0v) is 13.7. The Morgan fingerprint density at radius 2 is 1.76 bits per heavy atom. The number of aliphatic carboxylic acids is 1. The summed E-state index contributed by atoms with van der Waals surface area (Å²) in [5.74, 6) is -1.79. The second-order valence-corrected chi connectivity index (χ2v) is 5.79. The smallest absolute Gasteiger partial charge is 0.324 e. The topological polar surface area (TPSA) is 63.6 Å². The third-order valence-corrected chi connectivity index (χ3v) is 4.62. The second-order valence-electron chi connectivity index (χ2n) is 4.92. The van der Waals surface area contributed by atoms with E-state index in [9.17, 15) is 14.7 Å². The van der Waals surface area contributed by atoms with E-state index in [0.29, 0.717) is 0 Å². The van der Waals surface area contributed by atoms with Gasteiger partial charge in [0.15, 0.2) is 5.41 Å². The van der Waals surface area contributed by atoms with Gasteiger partial charge in [0.25, 0.3) is 0 Å². The minimum absolute atomic E-state index is 0.218. The van der Waals surface area contributed by atoms with E-state index in [1.807, 2.05) is 30.5 Å². The first-order valence-electron chi connectivity index (χ1n) is 6.99. The fourth-order valence-corrected chi connectivity index (χ4v) is 2.55. The highest BCUT2D eigenvalue weighted by atomic mass is 32.2. The zero-order valence-electron chi connectivity index (χ0n) is 12.9. The Morgan fingerprint density at radius 1 is 1.24 bits per heavy atom. The summed E-state index contributed by atoms with van der Waals surface area (Å²) in [6.07, 6.45) is 1.96. The summed E-state index contributed by atoms with van der Waals surface area (Å²) in [6.45, 7) is 5.14. The van der Waals surface area contributed by atoms with Crippen LogP contribution in [0.3, 0.4) is 0 Å². The van der Waals surface area contributed by atoms with E-state index in [4.69, 9.17) is 4.74 Å². The van der Waals surface area contributed by atoms with Crippen molar-refractivity contribution in [2.75, 3.05) is 6.26 Å². The maximum Gasteiger partial charge on any atom is 0.324 e. The number of thioether (sulfide) groups is 1. The van der Waals surface area contributed by atoms with Crippen molar-refractivity contribution < 1.29 is 19.4 Å². The standard InChI is InChI=1S/C16H22O4S/c1-5-16(6-2,14(17)18)15(19)20-11(3)12-7-9-13(21-4)10-8-12/h7-11H,5-6H2,1-4H3,(H,17,18). The molecule has 1 N–H and O–H groups in total. The molecule has 0 bridgehead atoms. The van der Waals surface area contributed by atoms with Gasteiger partial charge < -0.3 is 9.84 Å². The lowest BCUT2D eigenvalue weighted by atomic mass is 9.82. The molecule has 0 saturated heterocycles. The summed E-state index contributed by atoms with van der Waals surface area (Å²) in [5.41, 5.74) is -0.597. The molecule has 1 rings (SSSR count). The summed E-state index contributed by atoms with van der Waals surface area (Å²) in [5, 5.41) is 9.34. The van der Waals surface area contributed by atoms with Gasteiger partial charge in [-0.3, -0.25) is 9.59 Å². The van der Waals surface area contributed by atoms with E-state index in [-0.39, 0.29) is 12.8 Å². The monoisotopic (exact) mass is 310 g/mol. The number of rotatable bonds is 7. The van der Waals surface area contributed by atoms with Gasteiger partial charge in [0.1, 0.15) is 6.10 Å². The molecule has 0 spiro atoms. The van der Waals surface area contributed by atoms with Crippen LogP contribution in [0.2, 0.25) is 0 Å². The quantitative estimate of drug-likeness (QED) is 0.470. The molecule has 1 aromatic rings. The van der Waals surface area contributed by atoms with Crippen molar-refractivity contribution in [1.29, 1.82) is 0 Å². The van der Waals surface area contributed by atoms with Crippen LogP contribution in [0.25, 0.3) is 0 Å². The van der Waals surface area contributed by atoms with E-state index in [0.717, 1.165) is 10.5 Å². The lowest BCUT2D eigenvalue weighted by Crippen LogP contribution is -2.40. The third kappa shape index (κ3) is 3.79. The molecule has 1 unspecified atom stereocenters. The van der Waals surface area contributed by atoms with Gasteiger partial charge in [0, 0.05) is 4.90 Å². The molecule has 0 heterocycles. The largest absolute Gasteiger partial charge is 0.480 e. The van der Waals surface area contributed by atoms with Crippen LogP contribution in [-0.4, -0.2) is 23.3 Å². The van der Waals surface area contributed by atoms with Gasteiger partial charge in [-0.15, -0.1) is 11.8 Å². The zero-order chi connectivity index (χ0) is 16.0. The fourth-order valence-electron chi connectivity index (χ4n) is 2.14. The van der Waals surface area contributed by atoms with Crippen LogP contribution in [0.4, 0.5) is 0 Å². The van der Waals surface area contributed by atoms with Crippen LogP contribution in [0.15, 0.2) is 29.2 Å². The maximum absolute atomic E-state index is 12.3. The van der Waals surface area contributed by atoms with Gasteiger partial charge in [0.2, 0.25) is 0 Å². The Morgan fingerprint density at radius 3 is 2.14 bits per heavy atom. The highest BCUT2D eigenvalue weighted by molar-refractivity contribution is 7.98. The summed E-state index contributed by atoms with van der Waals surface area (Å²) < 4.78 is 5.39. The Balaban J connectivity index is 2.87. The highest BCUT2D eigenvalue weighted by Crippen LogP contribution is 2.31. The average Bonchev–Trinajstić information content (AvgIpc) is 2.48. The van der Waals surface area contributed by atoms with Crippen molar-refractivity contribution in [3.63, 3.8) is 0 Å². The minimum Gasteiger partial charge on any atom is -0.480 e. The Kier molecular flexibility index (Phi) is 6.27. The van der Waals surface area contributed by atoms with Crippen LogP contribution in [0.1, 0.15) is 45.3 Å². The van der Waals surface area contributed by atoms with Gasteiger partial charge >= 0.3 is 11.9 Å². The van der Waals surface area contributed by atoms with Crippen molar-refractivity contribution in [2.24, 2.45) is 5.41 Å². The summed E-state index contributed by atoms with van der Waals surface area (Å²) in [7, 11) is 0. The predicted octanol–water partition coefficient (Wildman–Crippen LogP) is 3.90. The molecule has 0 aliphatic carbocycles. The van der Waals surface area contributed by atoms with Gasteiger partial charge in [-0.2, -0.15) is 0 Å². The van der Waals surface area contributed by atoms with E-state index in [1.54, 1.807) is 32.5 Å². The highest BCUT2D eigenvalue weighted by Gasteiger charge is 2.45. The predicted molar refractivity (Wildman–Crippen MR) is 83.4 cm³/mol. The van der Waals surface area contributed by atoms with Crippen molar-refractivity contribution in [1.82, 2.24) is 0 Å². The van der Waals surface area contributed by atoms with E-state index in [1.165, 1.54) is 0 Å². The summed E-state index contributed by atoms with van der Waals surface area (Å²) >= 11 is 1.63. The van der Waals surface area contributed by atoms with Crippen LogP contribution in [-0.2, 0) is 14.3 Å². The Hall–Kier alpha value is -1.49. The van der Waals surface area contributed by atoms with Crippen molar-refractivity contribution >= 4 is 23.7 Å². The average molecular weight is 310 g/mol. The molecule has 21 heavy (non-hydrogen) atoms. The number of hydrogen-bond donors (Lipinski definition) is 1. The lowest BCUT2D eigenvalue weighted by Gasteiger charge is -2.26. The van der Waals surface area contributed by atoms with Gasteiger partial charge in [-0.05, 0) is 43.7 Å². The molecular weight excluding hydrogens is 288 g/mol. The molecular formula is C16H22O4S. The first-order valence-corrected chi connectivity index (χ1v) is 8.22. The first kappa shape index (κ1) is 17.6. The number of ether oxygens (including phenoxy) is 1. The molecule has 0 aliphatic rings. The first-order chi connectivity index (χ1) is 9.91. The number of esters is 1. The Bertz CT molecular complexity index is 492. The van der Waals surface area contributed by atoms with Crippen molar-refractivity contribution in [3.05, 3.63) is 29.8 Å². The number of hydrogen-bond acceptors (Lipinski definition) is 4. The molecule has 1 aromatic carbocycles. The molecule has 0 aromatic heterocycles. The van der Waals surface area contributed by atoms with Gasteiger partial charge in [0.05, 0.1) is 0 Å². The minimum atomic E-state index is -1.45. The van der Waals surface area contributed by atoms with Crippen LogP contribution >= 0.6 is 11.8 Å². The molecule has 0 fully saturated rings. The molecule has 116 valence electrons. The molecule has 0 saturated carbocycles. The molecule has 1 atom stereocenters. The summed E-state index contributed by atoms with van der Waals surface area (Å²) in [6, 6.07) is 7.69. The van der Waals surface area contributed by atoms with Crippen molar-refractivity contribution in [2.45, 2.75) is 44.6 Å². The van der Waals surface area contributed by atoms with Crippen LogP contribution in [0.5, 0.6) is 0 Å². The molecule has 5 heteroatoms. The van der Waals surface area contributed by atoms with E-state index in [2.05, 4.69) is 0 Å². The van der Waals surface area contributed by atoms with Gasteiger partial charge in [-0.25, -0.2) is 0 Å². The van der Waals surface area contributed by atoms with E-state index >= 15 is 0 Å². The number of carboxylic acid groups (broad SMARTS) is 1. The number of benzene rings is 1. The normalized spacial score (nSPS) is 12.8. The maximum atomic E-state index is 12.3. The summed E-state index contributed by atoms with van der Waals surface area (Å²) in [4.78, 5) is 24.8. The van der Waals surface area contributed by atoms with Crippen LogP contribution in [0, 0.1) is 5.41 Å². The third-order valence-electron chi connectivity index (χ3n) is 3.88. The van der Waals surface area contributed by atoms with Crippen molar-refractivity contribution in [3.8, 4) is 0 Å². The number of carbonyl (C=O) groups excluding carboxylic acids is 1. The second kappa shape index (κ2) is 7.50. The van der Waals surface area contributed by atoms with E-state index < -0.39 is 23.5 Å². The SMILES string of the molecule is CCC(CC)(C(=O)O)C(=O)OC(C)c1ccc(SC)cc1. The molecule has 0 aliphatic heterocycles. The lowest BCUT2D eigenvalue weighted by molar-refractivity contribution is -0.173. The molecule has 0 amide bonds. The van der Waals surface area contributed by atoms with Crippen LogP contribution < -0.4 is 0 Å². The molecule has 4 nitrogen and oxygen atoms in total. The molecule has 0 radical (unpaired) electrons. The number of carboxylic acids is 1. The fraction of sp³-hybridized carbons (Fsp3) is 0.500. The van der Waals surface area contributed by atoms with Gasteiger partial charge in [-0.1, -0.05) is 26.0 Å².